The molecule has 2 aromatic rings. The van der Waals surface area contributed by atoms with Crippen molar-refractivity contribution in [3.8, 4) is 5.75 Å². The second-order valence-corrected chi connectivity index (χ2v) is 9.62. The number of likely N-dealkylation sites (tertiary alicyclic amines) is 1. The van der Waals surface area contributed by atoms with Crippen molar-refractivity contribution in [2.45, 2.75) is 23.8 Å². The fourth-order valence-electron chi connectivity index (χ4n) is 3.71. The molecule has 0 atom stereocenters. The summed E-state index contributed by atoms with van der Waals surface area (Å²) in [5.41, 5.74) is 0.581. The Hall–Kier alpha value is -2.62. The van der Waals surface area contributed by atoms with E-state index in [0.717, 1.165) is 0 Å². The lowest BCUT2D eigenvalue weighted by molar-refractivity contribution is -0.132. The van der Waals surface area contributed by atoms with Gasteiger partial charge in [0.2, 0.25) is 15.9 Å². The van der Waals surface area contributed by atoms with Crippen LogP contribution in [0.1, 0.15) is 12.8 Å². The summed E-state index contributed by atoms with van der Waals surface area (Å²) in [7, 11) is -3.66. The number of amides is 2. The Balaban J connectivity index is 1.34. The third-order valence-corrected chi connectivity index (χ3v) is 7.18. The summed E-state index contributed by atoms with van der Waals surface area (Å²) in [5, 5.41) is 0.465. The first-order chi connectivity index (χ1) is 14.8. The van der Waals surface area contributed by atoms with Gasteiger partial charge in [0.25, 0.3) is 5.91 Å². The van der Waals surface area contributed by atoms with Crippen LogP contribution >= 0.6 is 11.6 Å². The van der Waals surface area contributed by atoms with Crippen LogP contribution in [-0.4, -0.2) is 57.4 Å². The molecule has 0 aliphatic carbocycles. The molecule has 0 saturated carbocycles. The van der Waals surface area contributed by atoms with E-state index in [9.17, 15) is 18.0 Å². The maximum Gasteiger partial charge on any atom is 0.265 e. The van der Waals surface area contributed by atoms with Crippen molar-refractivity contribution >= 4 is 39.1 Å². The molecule has 2 aliphatic rings. The molecule has 31 heavy (non-hydrogen) atoms. The second-order valence-electron chi connectivity index (χ2n) is 7.47. The van der Waals surface area contributed by atoms with Crippen molar-refractivity contribution in [1.29, 1.82) is 0 Å². The lowest BCUT2D eigenvalue weighted by Crippen LogP contribution is -2.50. The summed E-state index contributed by atoms with van der Waals surface area (Å²) in [6, 6.07) is 12.8. The molecule has 1 saturated heterocycles. The van der Waals surface area contributed by atoms with Crippen molar-refractivity contribution in [2.75, 3.05) is 31.1 Å². The van der Waals surface area contributed by atoms with Gasteiger partial charge < -0.3 is 9.64 Å². The molecule has 1 fully saturated rings. The average Bonchev–Trinajstić information content (AvgIpc) is 2.76. The van der Waals surface area contributed by atoms with E-state index in [1.807, 2.05) is 6.07 Å². The molecule has 4 rings (SSSR count). The first-order valence-corrected chi connectivity index (χ1v) is 11.8. The molecule has 2 heterocycles. The quantitative estimate of drug-likeness (QED) is 0.732. The lowest BCUT2D eigenvalue weighted by Gasteiger charge is -2.35. The summed E-state index contributed by atoms with van der Waals surface area (Å²) in [4.78, 5) is 28.4. The van der Waals surface area contributed by atoms with Crippen LogP contribution in [0.3, 0.4) is 0 Å². The molecule has 0 unspecified atom stereocenters. The number of anilines is 1. The van der Waals surface area contributed by atoms with Gasteiger partial charge in [0.15, 0.2) is 6.61 Å². The van der Waals surface area contributed by atoms with Crippen molar-refractivity contribution in [1.82, 2.24) is 9.62 Å². The first kappa shape index (κ1) is 21.6. The fraction of sp³-hybridized carbons (Fsp3) is 0.333. The van der Waals surface area contributed by atoms with Gasteiger partial charge in [-0.25, -0.2) is 13.1 Å². The molecule has 2 amide bonds. The highest BCUT2D eigenvalue weighted by Crippen LogP contribution is 2.31. The average molecular weight is 464 g/mol. The van der Waals surface area contributed by atoms with Crippen molar-refractivity contribution < 1.29 is 22.7 Å². The van der Waals surface area contributed by atoms with Gasteiger partial charge in [0.1, 0.15) is 12.3 Å². The van der Waals surface area contributed by atoms with Gasteiger partial charge >= 0.3 is 0 Å². The zero-order valence-corrected chi connectivity index (χ0v) is 18.2. The van der Waals surface area contributed by atoms with E-state index in [0.29, 0.717) is 42.4 Å². The number of benzene rings is 2. The Morgan fingerprint density at radius 2 is 1.77 bits per heavy atom. The van der Waals surface area contributed by atoms with E-state index >= 15 is 0 Å². The molecule has 1 N–H and O–H groups in total. The number of sulfonamides is 1. The molecular formula is C21H22ClN3O5S. The number of nitrogens with one attached hydrogen (secondary N) is 1. The Labute approximate surface area is 185 Å². The van der Waals surface area contributed by atoms with E-state index in [1.165, 1.54) is 29.2 Å². The highest BCUT2D eigenvalue weighted by Gasteiger charge is 2.31. The number of halogens is 1. The molecule has 10 heteroatoms. The van der Waals surface area contributed by atoms with Crippen LogP contribution in [0.15, 0.2) is 53.4 Å². The summed E-state index contributed by atoms with van der Waals surface area (Å²) in [5.74, 6) is 0.131. The van der Waals surface area contributed by atoms with Crippen LogP contribution in [0.2, 0.25) is 5.02 Å². The Morgan fingerprint density at radius 1 is 1.10 bits per heavy atom. The summed E-state index contributed by atoms with van der Waals surface area (Å²) >= 11 is 5.82. The van der Waals surface area contributed by atoms with Crippen LogP contribution < -0.4 is 14.4 Å². The topological polar surface area (TPSA) is 96.0 Å². The number of rotatable bonds is 5. The maximum atomic E-state index is 12.8. The highest BCUT2D eigenvalue weighted by molar-refractivity contribution is 7.89. The number of para-hydroxylation sites is 2. The zero-order chi connectivity index (χ0) is 22.0. The van der Waals surface area contributed by atoms with Crippen LogP contribution in [0.4, 0.5) is 5.69 Å². The first-order valence-electron chi connectivity index (χ1n) is 9.91. The third-order valence-electron chi connectivity index (χ3n) is 5.40. The van der Waals surface area contributed by atoms with Gasteiger partial charge in [-0.15, -0.1) is 0 Å². The number of hydrogen-bond acceptors (Lipinski definition) is 5. The largest absolute Gasteiger partial charge is 0.482 e. The van der Waals surface area contributed by atoms with E-state index < -0.39 is 10.0 Å². The Morgan fingerprint density at radius 3 is 2.48 bits per heavy atom. The number of carbonyl (C=O) groups is 2. The molecule has 2 aromatic carbocycles. The molecule has 0 aromatic heterocycles. The lowest BCUT2D eigenvalue weighted by atomic mass is 10.1. The van der Waals surface area contributed by atoms with Crippen LogP contribution in [-0.2, 0) is 19.6 Å². The number of piperidine rings is 1. The van der Waals surface area contributed by atoms with Crippen LogP contribution in [0, 0.1) is 0 Å². The molecule has 0 spiro atoms. The molecular weight excluding hydrogens is 442 g/mol. The predicted molar refractivity (Wildman–Crippen MR) is 116 cm³/mol. The van der Waals surface area contributed by atoms with E-state index in [4.69, 9.17) is 16.3 Å². The minimum absolute atomic E-state index is 0.0691. The number of hydrogen-bond donors (Lipinski definition) is 1. The van der Waals surface area contributed by atoms with Crippen molar-refractivity contribution in [2.24, 2.45) is 0 Å². The van der Waals surface area contributed by atoms with E-state index in [-0.39, 0.29) is 35.9 Å². The molecule has 2 aliphatic heterocycles. The van der Waals surface area contributed by atoms with E-state index in [1.54, 1.807) is 23.1 Å². The third kappa shape index (κ3) is 4.84. The SMILES string of the molecule is O=C(CN1C(=O)COc2ccccc21)N1CCC(NS(=O)(=O)c2ccc(Cl)cc2)CC1. The Kier molecular flexibility index (Phi) is 6.17. The summed E-state index contributed by atoms with van der Waals surface area (Å²) in [6.07, 6.45) is 0.985. The fourth-order valence-corrected chi connectivity index (χ4v) is 5.14. The maximum absolute atomic E-state index is 12.8. The Bertz CT molecular complexity index is 1080. The monoisotopic (exact) mass is 463 g/mol. The minimum Gasteiger partial charge on any atom is -0.482 e. The molecule has 164 valence electrons. The van der Waals surface area contributed by atoms with Crippen molar-refractivity contribution in [3.05, 3.63) is 53.6 Å². The summed E-state index contributed by atoms with van der Waals surface area (Å²) in [6.45, 7) is 0.652. The number of fused-ring (bicyclic) bond motifs is 1. The molecule has 0 radical (unpaired) electrons. The smallest absolute Gasteiger partial charge is 0.265 e. The second kappa shape index (κ2) is 8.86. The normalized spacial score (nSPS) is 17.3. The van der Waals surface area contributed by atoms with Gasteiger partial charge in [-0.1, -0.05) is 23.7 Å². The van der Waals surface area contributed by atoms with Gasteiger partial charge in [0.05, 0.1) is 10.6 Å². The molecule has 8 nitrogen and oxygen atoms in total. The van der Waals surface area contributed by atoms with Crippen molar-refractivity contribution in [3.63, 3.8) is 0 Å². The molecule has 0 bridgehead atoms. The number of ether oxygens (including phenoxy) is 1. The zero-order valence-electron chi connectivity index (χ0n) is 16.7. The number of carbonyl (C=O) groups excluding carboxylic acids is 2. The number of nitrogens with zero attached hydrogens (tertiary/aromatic N) is 2. The van der Waals surface area contributed by atoms with E-state index in [2.05, 4.69) is 4.72 Å². The standard InChI is InChI=1S/C21H22ClN3O5S/c22-15-5-7-17(8-6-15)31(28,29)23-16-9-11-24(12-10-16)20(26)13-25-18-3-1-2-4-19(18)30-14-21(25)27/h1-8,16,23H,9-14H2. The van der Waals surface area contributed by atoms with Crippen LogP contribution in [0.25, 0.3) is 0 Å². The summed E-state index contributed by atoms with van der Waals surface area (Å²) < 4.78 is 33.2. The van der Waals surface area contributed by atoms with Gasteiger partial charge in [0, 0.05) is 24.2 Å². The highest BCUT2D eigenvalue weighted by atomic mass is 35.5. The minimum atomic E-state index is -3.66. The van der Waals surface area contributed by atoms with Gasteiger partial charge in [-0.05, 0) is 49.2 Å². The van der Waals surface area contributed by atoms with Gasteiger partial charge in [-0.2, -0.15) is 0 Å². The van der Waals surface area contributed by atoms with Gasteiger partial charge in [-0.3, -0.25) is 14.5 Å². The van der Waals surface area contributed by atoms with Crippen LogP contribution in [0.5, 0.6) is 5.75 Å². The predicted octanol–water partition coefficient (Wildman–Crippen LogP) is 2.03.